The Bertz CT molecular complexity index is 357. The van der Waals surface area contributed by atoms with Gasteiger partial charge in [-0.3, -0.25) is 0 Å². The zero-order valence-electron chi connectivity index (χ0n) is 11.9. The standard InChI is InChI=1S/C13H24N4O/c1-5-7-14-12-11(2)13(16-10-15-12)17(3)8-6-9-18-4/h10H,5-9H2,1-4H3,(H,14,15,16). The first-order chi connectivity index (χ1) is 8.70. The van der Waals surface area contributed by atoms with Crippen LogP contribution < -0.4 is 10.2 Å². The van der Waals surface area contributed by atoms with Crippen LogP contribution in [-0.2, 0) is 4.74 Å². The van der Waals surface area contributed by atoms with Crippen molar-refractivity contribution in [2.75, 3.05) is 44.1 Å². The smallest absolute Gasteiger partial charge is 0.136 e. The van der Waals surface area contributed by atoms with Crippen LogP contribution in [0.2, 0.25) is 0 Å². The van der Waals surface area contributed by atoms with Crippen LogP contribution in [0.25, 0.3) is 0 Å². The number of hydrogen-bond donors (Lipinski definition) is 1. The maximum Gasteiger partial charge on any atom is 0.136 e. The van der Waals surface area contributed by atoms with Crippen molar-refractivity contribution in [1.29, 1.82) is 0 Å². The highest BCUT2D eigenvalue weighted by Crippen LogP contribution is 2.21. The summed E-state index contributed by atoms with van der Waals surface area (Å²) in [4.78, 5) is 10.8. The topological polar surface area (TPSA) is 50.3 Å². The van der Waals surface area contributed by atoms with Gasteiger partial charge in [-0.15, -0.1) is 0 Å². The largest absolute Gasteiger partial charge is 0.385 e. The minimum Gasteiger partial charge on any atom is -0.385 e. The summed E-state index contributed by atoms with van der Waals surface area (Å²) >= 11 is 0. The van der Waals surface area contributed by atoms with Crippen molar-refractivity contribution in [2.24, 2.45) is 0 Å². The Hall–Kier alpha value is -1.36. The van der Waals surface area contributed by atoms with Crippen molar-refractivity contribution in [2.45, 2.75) is 26.7 Å². The molecule has 0 unspecified atom stereocenters. The molecule has 0 aromatic carbocycles. The minimum atomic E-state index is 0.773. The highest BCUT2D eigenvalue weighted by Gasteiger charge is 2.10. The third-order valence-electron chi connectivity index (χ3n) is 2.80. The average Bonchev–Trinajstić information content (AvgIpc) is 2.37. The van der Waals surface area contributed by atoms with Gasteiger partial charge in [-0.25, -0.2) is 9.97 Å². The lowest BCUT2D eigenvalue weighted by Crippen LogP contribution is -2.22. The molecule has 18 heavy (non-hydrogen) atoms. The molecule has 1 N–H and O–H groups in total. The first-order valence-electron chi connectivity index (χ1n) is 6.46. The first kappa shape index (κ1) is 14.7. The predicted molar refractivity (Wildman–Crippen MR) is 75.3 cm³/mol. The summed E-state index contributed by atoms with van der Waals surface area (Å²) in [7, 11) is 3.78. The Balaban J connectivity index is 2.69. The predicted octanol–water partition coefficient (Wildman–Crippen LogP) is 2.08. The summed E-state index contributed by atoms with van der Waals surface area (Å²) in [6.07, 6.45) is 3.70. The van der Waals surface area contributed by atoms with E-state index in [-0.39, 0.29) is 0 Å². The molecule has 102 valence electrons. The van der Waals surface area contributed by atoms with Crippen molar-refractivity contribution in [3.63, 3.8) is 0 Å². The van der Waals surface area contributed by atoms with Crippen molar-refractivity contribution in [3.8, 4) is 0 Å². The molecular formula is C13H24N4O. The van der Waals surface area contributed by atoms with Gasteiger partial charge in [0.15, 0.2) is 0 Å². The van der Waals surface area contributed by atoms with Crippen LogP contribution >= 0.6 is 0 Å². The number of rotatable bonds is 8. The molecule has 0 spiro atoms. The molecule has 5 heteroatoms. The van der Waals surface area contributed by atoms with Crippen LogP contribution in [0.4, 0.5) is 11.6 Å². The van der Waals surface area contributed by atoms with E-state index in [2.05, 4.69) is 41.1 Å². The number of hydrogen-bond acceptors (Lipinski definition) is 5. The van der Waals surface area contributed by atoms with E-state index in [9.17, 15) is 0 Å². The molecular weight excluding hydrogens is 228 g/mol. The summed E-state index contributed by atoms with van der Waals surface area (Å²) in [6, 6.07) is 0. The van der Waals surface area contributed by atoms with E-state index in [4.69, 9.17) is 4.74 Å². The molecule has 1 rings (SSSR count). The van der Waals surface area contributed by atoms with Crippen LogP contribution in [0, 0.1) is 6.92 Å². The fourth-order valence-corrected chi connectivity index (χ4v) is 1.80. The Morgan fingerprint density at radius 2 is 2.17 bits per heavy atom. The van der Waals surface area contributed by atoms with Crippen molar-refractivity contribution in [1.82, 2.24) is 9.97 Å². The molecule has 0 saturated carbocycles. The molecule has 0 radical (unpaired) electrons. The zero-order valence-corrected chi connectivity index (χ0v) is 11.9. The molecule has 0 aliphatic rings. The summed E-state index contributed by atoms with van der Waals surface area (Å²) in [5.41, 5.74) is 1.10. The van der Waals surface area contributed by atoms with Gasteiger partial charge in [0.2, 0.25) is 0 Å². The second kappa shape index (κ2) is 7.87. The lowest BCUT2D eigenvalue weighted by molar-refractivity contribution is 0.196. The second-order valence-corrected chi connectivity index (χ2v) is 4.37. The van der Waals surface area contributed by atoms with Crippen LogP contribution in [-0.4, -0.2) is 43.8 Å². The fourth-order valence-electron chi connectivity index (χ4n) is 1.80. The van der Waals surface area contributed by atoms with Crippen LogP contribution in [0.3, 0.4) is 0 Å². The van der Waals surface area contributed by atoms with Crippen molar-refractivity contribution >= 4 is 11.6 Å². The fraction of sp³-hybridized carbons (Fsp3) is 0.692. The van der Waals surface area contributed by atoms with Gasteiger partial charge in [0.05, 0.1) is 0 Å². The van der Waals surface area contributed by atoms with Gasteiger partial charge in [0.1, 0.15) is 18.0 Å². The van der Waals surface area contributed by atoms with Gasteiger partial charge in [-0.2, -0.15) is 0 Å². The number of ether oxygens (including phenoxy) is 1. The third kappa shape index (κ3) is 4.14. The molecule has 0 fully saturated rings. The normalized spacial score (nSPS) is 10.4. The average molecular weight is 252 g/mol. The second-order valence-electron chi connectivity index (χ2n) is 4.37. The summed E-state index contributed by atoms with van der Waals surface area (Å²) in [5, 5.41) is 3.32. The number of aromatic nitrogens is 2. The van der Waals surface area contributed by atoms with Gasteiger partial charge in [-0.05, 0) is 19.8 Å². The summed E-state index contributed by atoms with van der Waals surface area (Å²) < 4.78 is 5.06. The maximum absolute atomic E-state index is 5.06. The van der Waals surface area contributed by atoms with Gasteiger partial charge < -0.3 is 15.0 Å². The molecule has 0 amide bonds. The van der Waals surface area contributed by atoms with Crippen LogP contribution in [0.15, 0.2) is 6.33 Å². The Kier molecular flexibility index (Phi) is 6.43. The van der Waals surface area contributed by atoms with E-state index < -0.39 is 0 Å². The minimum absolute atomic E-state index is 0.773. The van der Waals surface area contributed by atoms with E-state index in [0.717, 1.165) is 49.7 Å². The summed E-state index contributed by atoms with van der Waals surface area (Å²) in [5.74, 6) is 1.92. The molecule has 5 nitrogen and oxygen atoms in total. The Labute approximate surface area is 110 Å². The molecule has 0 saturated heterocycles. The molecule has 0 aliphatic heterocycles. The molecule has 0 atom stereocenters. The monoisotopic (exact) mass is 252 g/mol. The number of nitrogens with one attached hydrogen (secondary N) is 1. The SMILES string of the molecule is CCCNc1ncnc(N(C)CCCOC)c1C. The molecule has 1 heterocycles. The van der Waals surface area contributed by atoms with E-state index >= 15 is 0 Å². The van der Waals surface area contributed by atoms with Crippen LogP contribution in [0.5, 0.6) is 0 Å². The Morgan fingerprint density at radius 3 is 2.83 bits per heavy atom. The van der Waals surface area contributed by atoms with Crippen molar-refractivity contribution in [3.05, 3.63) is 11.9 Å². The lowest BCUT2D eigenvalue weighted by Gasteiger charge is -2.21. The molecule has 1 aromatic heterocycles. The van der Waals surface area contributed by atoms with E-state index in [1.54, 1.807) is 13.4 Å². The number of anilines is 2. The van der Waals surface area contributed by atoms with Gasteiger partial charge in [0.25, 0.3) is 0 Å². The number of nitrogens with zero attached hydrogens (tertiary/aromatic N) is 3. The summed E-state index contributed by atoms with van der Waals surface area (Å²) in [6.45, 7) is 6.83. The number of methoxy groups -OCH3 is 1. The van der Waals surface area contributed by atoms with E-state index in [1.807, 2.05) is 0 Å². The molecule has 1 aromatic rings. The molecule has 0 bridgehead atoms. The third-order valence-corrected chi connectivity index (χ3v) is 2.80. The lowest BCUT2D eigenvalue weighted by atomic mass is 10.2. The van der Waals surface area contributed by atoms with Gasteiger partial charge in [0, 0.05) is 39.4 Å². The van der Waals surface area contributed by atoms with Crippen molar-refractivity contribution < 1.29 is 4.74 Å². The highest BCUT2D eigenvalue weighted by molar-refractivity contribution is 5.57. The van der Waals surface area contributed by atoms with Gasteiger partial charge in [-0.1, -0.05) is 6.92 Å². The zero-order chi connectivity index (χ0) is 13.4. The van der Waals surface area contributed by atoms with E-state index in [1.165, 1.54) is 0 Å². The van der Waals surface area contributed by atoms with Crippen LogP contribution in [0.1, 0.15) is 25.3 Å². The Morgan fingerprint density at radius 1 is 1.39 bits per heavy atom. The quantitative estimate of drug-likeness (QED) is 0.718. The highest BCUT2D eigenvalue weighted by atomic mass is 16.5. The first-order valence-corrected chi connectivity index (χ1v) is 6.46. The van der Waals surface area contributed by atoms with Gasteiger partial charge >= 0.3 is 0 Å². The maximum atomic E-state index is 5.06. The van der Waals surface area contributed by atoms with E-state index in [0.29, 0.717) is 0 Å². The molecule has 0 aliphatic carbocycles.